The van der Waals surface area contributed by atoms with Crippen molar-refractivity contribution in [2.45, 2.75) is 0 Å². The quantitative estimate of drug-likeness (QED) is 0.578. The summed E-state index contributed by atoms with van der Waals surface area (Å²) in [5, 5.41) is 1.93. The number of nitrogens with one attached hydrogen (secondary N) is 1. The van der Waals surface area contributed by atoms with Gasteiger partial charge in [0.1, 0.15) is 18.7 Å². The van der Waals surface area contributed by atoms with Crippen LogP contribution < -0.4 is 10.1 Å². The third-order valence-corrected chi connectivity index (χ3v) is 6.22. The maximum Gasteiger partial charge on any atom is 0.290 e. The Kier molecular flexibility index (Phi) is 5.93. The largest absolute Gasteiger partial charge is 0.492 e. The molecule has 2 fully saturated rings. The molecule has 1 aromatic heterocycles. The SMILES string of the molecule is O=C1NC(=O)C(=Cc2ccc3ncn(-c4ccc(OCCN5CCOCC5)cc4)c3c2)S1. The number of rotatable bonds is 6. The number of benzene rings is 2. The number of aromatic nitrogens is 2. The van der Waals surface area contributed by atoms with Crippen LogP contribution in [0.25, 0.3) is 22.8 Å². The number of imidazole rings is 1. The van der Waals surface area contributed by atoms with Gasteiger partial charge in [-0.25, -0.2) is 4.98 Å². The molecule has 3 aromatic rings. The van der Waals surface area contributed by atoms with Gasteiger partial charge in [0.15, 0.2) is 0 Å². The highest BCUT2D eigenvalue weighted by molar-refractivity contribution is 8.18. The predicted octanol–water partition coefficient (Wildman–Crippen LogP) is 3.06. The lowest BCUT2D eigenvalue weighted by Gasteiger charge is -2.26. The molecule has 2 aliphatic rings. The minimum absolute atomic E-state index is 0.348. The molecular formula is C23H22N4O4S. The molecule has 9 heteroatoms. The predicted molar refractivity (Wildman–Crippen MR) is 123 cm³/mol. The van der Waals surface area contributed by atoms with E-state index in [4.69, 9.17) is 9.47 Å². The van der Waals surface area contributed by atoms with Crippen LogP contribution in [0.15, 0.2) is 53.7 Å². The van der Waals surface area contributed by atoms with Gasteiger partial charge >= 0.3 is 0 Å². The first-order chi connectivity index (χ1) is 15.7. The Hall–Kier alpha value is -3.14. The Morgan fingerprint density at radius 3 is 2.69 bits per heavy atom. The lowest BCUT2D eigenvalue weighted by molar-refractivity contribution is -0.115. The van der Waals surface area contributed by atoms with E-state index in [1.54, 1.807) is 12.4 Å². The number of fused-ring (bicyclic) bond motifs is 1. The van der Waals surface area contributed by atoms with Gasteiger partial charge in [-0.3, -0.25) is 24.4 Å². The number of imide groups is 1. The lowest BCUT2D eigenvalue weighted by atomic mass is 10.1. The van der Waals surface area contributed by atoms with Gasteiger partial charge in [-0.15, -0.1) is 0 Å². The maximum absolute atomic E-state index is 11.8. The van der Waals surface area contributed by atoms with Crippen LogP contribution in [0.5, 0.6) is 5.75 Å². The second-order valence-electron chi connectivity index (χ2n) is 7.51. The van der Waals surface area contributed by atoms with E-state index >= 15 is 0 Å². The minimum Gasteiger partial charge on any atom is -0.492 e. The second kappa shape index (κ2) is 9.15. The Labute approximate surface area is 189 Å². The number of carbonyl (C=O) groups is 2. The van der Waals surface area contributed by atoms with Gasteiger partial charge in [0.2, 0.25) is 0 Å². The molecule has 0 spiro atoms. The molecule has 2 aliphatic heterocycles. The average molecular weight is 451 g/mol. The fraction of sp³-hybridized carbons (Fsp3) is 0.261. The van der Waals surface area contributed by atoms with Crippen molar-refractivity contribution in [2.24, 2.45) is 0 Å². The van der Waals surface area contributed by atoms with E-state index in [1.165, 1.54) is 0 Å². The summed E-state index contributed by atoms with van der Waals surface area (Å²) in [5.74, 6) is 0.462. The van der Waals surface area contributed by atoms with Crippen molar-refractivity contribution in [3.63, 3.8) is 0 Å². The molecule has 2 aromatic carbocycles. The van der Waals surface area contributed by atoms with Gasteiger partial charge in [0.05, 0.1) is 29.2 Å². The molecule has 2 amide bonds. The van der Waals surface area contributed by atoms with Crippen LogP contribution in [0.2, 0.25) is 0 Å². The summed E-state index contributed by atoms with van der Waals surface area (Å²) in [6.45, 7) is 5.01. The smallest absolute Gasteiger partial charge is 0.290 e. The van der Waals surface area contributed by atoms with E-state index in [1.807, 2.05) is 47.0 Å². The average Bonchev–Trinajstić information content (AvgIpc) is 3.37. The zero-order valence-electron chi connectivity index (χ0n) is 17.3. The summed E-state index contributed by atoms with van der Waals surface area (Å²) >= 11 is 0.910. The molecule has 0 unspecified atom stereocenters. The molecule has 0 radical (unpaired) electrons. The van der Waals surface area contributed by atoms with Crippen molar-refractivity contribution in [3.8, 4) is 11.4 Å². The van der Waals surface area contributed by atoms with Crippen LogP contribution in [-0.4, -0.2) is 65.1 Å². The summed E-state index contributed by atoms with van der Waals surface area (Å²) < 4.78 is 13.3. The van der Waals surface area contributed by atoms with Crippen molar-refractivity contribution in [1.29, 1.82) is 0 Å². The molecule has 0 aliphatic carbocycles. The highest BCUT2D eigenvalue weighted by atomic mass is 32.2. The van der Waals surface area contributed by atoms with Gasteiger partial charge in [0, 0.05) is 25.3 Å². The summed E-state index contributed by atoms with van der Waals surface area (Å²) in [6.07, 6.45) is 3.49. The number of hydrogen-bond donors (Lipinski definition) is 1. The van der Waals surface area contributed by atoms with E-state index < -0.39 is 0 Å². The number of carbonyl (C=O) groups excluding carboxylic acids is 2. The highest BCUT2D eigenvalue weighted by Gasteiger charge is 2.25. The van der Waals surface area contributed by atoms with Gasteiger partial charge in [0.25, 0.3) is 11.1 Å². The van der Waals surface area contributed by atoms with Crippen LogP contribution in [0.3, 0.4) is 0 Å². The molecule has 3 heterocycles. The van der Waals surface area contributed by atoms with Gasteiger partial charge < -0.3 is 9.47 Å². The van der Waals surface area contributed by atoms with E-state index in [0.29, 0.717) is 11.5 Å². The molecule has 5 rings (SSSR count). The first kappa shape index (κ1) is 20.7. The van der Waals surface area contributed by atoms with Gasteiger partial charge in [-0.1, -0.05) is 6.07 Å². The number of thioether (sulfide) groups is 1. The second-order valence-corrected chi connectivity index (χ2v) is 8.53. The molecule has 2 saturated heterocycles. The van der Waals surface area contributed by atoms with E-state index in [9.17, 15) is 9.59 Å². The zero-order chi connectivity index (χ0) is 21.9. The molecule has 0 bridgehead atoms. The van der Waals surface area contributed by atoms with Crippen molar-refractivity contribution in [1.82, 2.24) is 19.8 Å². The molecule has 0 atom stereocenters. The number of nitrogens with zero attached hydrogens (tertiary/aromatic N) is 3. The number of hydrogen-bond acceptors (Lipinski definition) is 7. The Bertz CT molecular complexity index is 1180. The third-order valence-electron chi connectivity index (χ3n) is 5.41. The van der Waals surface area contributed by atoms with Gasteiger partial charge in [-0.05, 0) is 59.8 Å². The standard InChI is InChI=1S/C23H22N4O4S/c28-22-21(32-23(29)25-22)14-16-1-6-19-20(13-16)27(15-24-19)17-2-4-18(5-3-17)31-12-9-26-7-10-30-11-8-26/h1-6,13-15H,7-12H2,(H,25,28,29). The van der Waals surface area contributed by atoms with Crippen molar-refractivity contribution >= 4 is 40.0 Å². The van der Waals surface area contributed by atoms with E-state index in [0.717, 1.165) is 72.6 Å². The number of morpholine rings is 1. The molecule has 8 nitrogen and oxygen atoms in total. The van der Waals surface area contributed by atoms with Crippen LogP contribution in [0.1, 0.15) is 5.56 Å². The van der Waals surface area contributed by atoms with Crippen LogP contribution in [0, 0.1) is 0 Å². The Balaban J connectivity index is 1.30. The van der Waals surface area contributed by atoms with Crippen LogP contribution in [0.4, 0.5) is 4.79 Å². The topological polar surface area (TPSA) is 85.7 Å². The van der Waals surface area contributed by atoms with E-state index in [-0.39, 0.29) is 11.1 Å². The summed E-state index contributed by atoms with van der Waals surface area (Å²) in [7, 11) is 0. The Morgan fingerprint density at radius 2 is 1.94 bits per heavy atom. The number of ether oxygens (including phenoxy) is 2. The zero-order valence-corrected chi connectivity index (χ0v) is 18.1. The Morgan fingerprint density at radius 1 is 1.12 bits per heavy atom. The summed E-state index contributed by atoms with van der Waals surface area (Å²) in [4.78, 5) is 30.4. The fourth-order valence-corrected chi connectivity index (χ4v) is 4.40. The van der Waals surface area contributed by atoms with Crippen molar-refractivity contribution in [2.75, 3.05) is 39.5 Å². The molecule has 1 N–H and O–H groups in total. The maximum atomic E-state index is 11.8. The molecular weight excluding hydrogens is 428 g/mol. The van der Waals surface area contributed by atoms with Crippen LogP contribution >= 0.6 is 11.8 Å². The molecule has 164 valence electrons. The lowest BCUT2D eigenvalue weighted by Crippen LogP contribution is -2.38. The monoisotopic (exact) mass is 450 g/mol. The van der Waals surface area contributed by atoms with Gasteiger partial charge in [-0.2, -0.15) is 0 Å². The van der Waals surface area contributed by atoms with Crippen molar-refractivity contribution in [3.05, 3.63) is 59.3 Å². The van der Waals surface area contributed by atoms with E-state index in [2.05, 4.69) is 15.2 Å². The first-order valence-corrected chi connectivity index (χ1v) is 11.2. The third kappa shape index (κ3) is 4.55. The molecule has 32 heavy (non-hydrogen) atoms. The summed E-state index contributed by atoms with van der Waals surface area (Å²) in [5.41, 5.74) is 3.54. The van der Waals surface area contributed by atoms with Crippen LogP contribution in [-0.2, 0) is 9.53 Å². The number of amides is 2. The highest BCUT2D eigenvalue weighted by Crippen LogP contribution is 2.27. The minimum atomic E-state index is -0.363. The normalized spacial score (nSPS) is 18.4. The first-order valence-electron chi connectivity index (χ1n) is 10.4. The fourth-order valence-electron chi connectivity index (χ4n) is 3.71. The molecule has 0 saturated carbocycles. The van der Waals surface area contributed by atoms with Crippen molar-refractivity contribution < 1.29 is 19.1 Å². The summed E-state index contributed by atoms with van der Waals surface area (Å²) in [6, 6.07) is 13.6.